The number of aromatic nitrogens is 2. The fraction of sp³-hybridized carbons (Fsp3) is 0.222. The van der Waals surface area contributed by atoms with Crippen molar-refractivity contribution in [3.63, 3.8) is 0 Å². The zero-order chi connectivity index (χ0) is 16.9. The van der Waals surface area contributed by atoms with Gasteiger partial charge >= 0.3 is 0 Å². The van der Waals surface area contributed by atoms with Crippen LogP contribution in [0.2, 0.25) is 0 Å². The zero-order valence-electron chi connectivity index (χ0n) is 13.6. The Labute approximate surface area is 144 Å². The second-order valence-electron chi connectivity index (χ2n) is 5.43. The van der Waals surface area contributed by atoms with E-state index in [0.717, 1.165) is 22.0 Å². The molecule has 1 amide bonds. The molecule has 3 rings (SSSR count). The summed E-state index contributed by atoms with van der Waals surface area (Å²) in [7, 11) is 3.55. The van der Waals surface area contributed by atoms with Crippen LogP contribution in [0.25, 0.3) is 0 Å². The van der Waals surface area contributed by atoms with Crippen LogP contribution in [0.15, 0.2) is 54.2 Å². The normalized spacial score (nSPS) is 11.9. The Hall–Kier alpha value is -2.60. The largest absolute Gasteiger partial charge is 0.497 e. The van der Waals surface area contributed by atoms with Crippen molar-refractivity contribution in [3.05, 3.63) is 70.4 Å². The van der Waals surface area contributed by atoms with Gasteiger partial charge in [-0.05, 0) is 29.1 Å². The Kier molecular flexibility index (Phi) is 4.96. The number of hydrogen-bond acceptors (Lipinski definition) is 4. The molecule has 6 heteroatoms. The number of rotatable bonds is 6. The first-order valence-electron chi connectivity index (χ1n) is 7.60. The maximum absolute atomic E-state index is 12.5. The van der Waals surface area contributed by atoms with Crippen molar-refractivity contribution in [1.82, 2.24) is 14.9 Å². The minimum Gasteiger partial charge on any atom is -0.497 e. The number of imidazole rings is 1. The van der Waals surface area contributed by atoms with Gasteiger partial charge in [0, 0.05) is 24.3 Å². The van der Waals surface area contributed by atoms with Crippen LogP contribution in [0.1, 0.15) is 22.3 Å². The number of nitrogens with zero attached hydrogens (tertiary/aromatic N) is 2. The Bertz CT molecular complexity index is 794. The number of methoxy groups -OCH3 is 1. The van der Waals surface area contributed by atoms with Gasteiger partial charge in [0.25, 0.3) is 0 Å². The molecule has 24 heavy (non-hydrogen) atoms. The van der Waals surface area contributed by atoms with Crippen LogP contribution >= 0.6 is 11.3 Å². The third-order valence-corrected chi connectivity index (χ3v) is 4.66. The van der Waals surface area contributed by atoms with Crippen LogP contribution in [0.4, 0.5) is 0 Å². The zero-order valence-corrected chi connectivity index (χ0v) is 14.4. The van der Waals surface area contributed by atoms with Gasteiger partial charge in [0.05, 0.1) is 13.5 Å². The van der Waals surface area contributed by atoms with Crippen molar-refractivity contribution in [1.29, 1.82) is 0 Å². The number of thiophene rings is 1. The summed E-state index contributed by atoms with van der Waals surface area (Å²) in [6, 6.07) is 11.3. The van der Waals surface area contributed by atoms with Crippen molar-refractivity contribution >= 4 is 17.2 Å². The van der Waals surface area contributed by atoms with E-state index in [1.165, 1.54) is 0 Å². The van der Waals surface area contributed by atoms with Gasteiger partial charge in [0.15, 0.2) is 0 Å². The molecule has 2 aromatic heterocycles. The molecule has 2 heterocycles. The van der Waals surface area contributed by atoms with Gasteiger partial charge in [0.2, 0.25) is 5.91 Å². The van der Waals surface area contributed by atoms with E-state index in [1.54, 1.807) is 24.6 Å². The number of carbonyl (C=O) groups is 1. The molecular weight excluding hydrogens is 322 g/mol. The Balaban J connectivity index is 1.84. The Morgan fingerprint density at radius 2 is 2.12 bits per heavy atom. The summed E-state index contributed by atoms with van der Waals surface area (Å²) in [4.78, 5) is 17.9. The lowest BCUT2D eigenvalue weighted by molar-refractivity contribution is -0.120. The number of ether oxygens (including phenoxy) is 1. The number of amides is 1. The maximum Gasteiger partial charge on any atom is 0.226 e. The summed E-state index contributed by atoms with van der Waals surface area (Å²) in [5.74, 6) is 1.54. The second kappa shape index (κ2) is 7.31. The highest BCUT2D eigenvalue weighted by Crippen LogP contribution is 2.23. The van der Waals surface area contributed by atoms with Crippen LogP contribution < -0.4 is 10.1 Å². The molecule has 0 saturated heterocycles. The molecule has 1 atom stereocenters. The smallest absolute Gasteiger partial charge is 0.226 e. The summed E-state index contributed by atoms with van der Waals surface area (Å²) in [6.45, 7) is 0. The molecule has 0 aliphatic rings. The molecule has 0 saturated carbocycles. The molecular formula is C18H19N3O2S. The van der Waals surface area contributed by atoms with Gasteiger partial charge < -0.3 is 14.6 Å². The van der Waals surface area contributed by atoms with Crippen molar-refractivity contribution in [2.45, 2.75) is 12.5 Å². The lowest BCUT2D eigenvalue weighted by Gasteiger charge is -2.19. The fourth-order valence-electron chi connectivity index (χ4n) is 2.53. The first-order valence-corrected chi connectivity index (χ1v) is 8.48. The molecule has 0 bridgehead atoms. The highest BCUT2D eigenvalue weighted by atomic mass is 32.1. The maximum atomic E-state index is 12.5. The quantitative estimate of drug-likeness (QED) is 0.750. The number of benzene rings is 1. The average Bonchev–Trinajstić information content (AvgIpc) is 3.24. The standard InChI is InChI=1S/C18H19N3O2S/c1-21-10-9-19-18(21)17(13-5-7-14(23-2)8-6-13)20-16(22)12-15-4-3-11-24-15/h3-11,17H,12H2,1-2H3,(H,20,22). The number of nitrogens with one attached hydrogen (secondary N) is 1. The minimum atomic E-state index is -0.302. The van der Waals surface area contributed by atoms with E-state index in [4.69, 9.17) is 4.74 Å². The van der Waals surface area contributed by atoms with Crippen molar-refractivity contribution in [3.8, 4) is 5.75 Å². The van der Waals surface area contributed by atoms with Crippen molar-refractivity contribution in [2.24, 2.45) is 7.05 Å². The number of aryl methyl sites for hydroxylation is 1. The number of carbonyl (C=O) groups excluding carboxylic acids is 1. The second-order valence-corrected chi connectivity index (χ2v) is 6.46. The molecule has 1 unspecified atom stereocenters. The van der Waals surface area contributed by atoms with E-state index in [1.807, 2.05) is 59.6 Å². The van der Waals surface area contributed by atoms with Gasteiger partial charge in [0.1, 0.15) is 17.6 Å². The molecule has 1 N–H and O–H groups in total. The van der Waals surface area contributed by atoms with E-state index in [-0.39, 0.29) is 11.9 Å². The Morgan fingerprint density at radius 3 is 2.71 bits per heavy atom. The Morgan fingerprint density at radius 1 is 1.33 bits per heavy atom. The lowest BCUT2D eigenvalue weighted by atomic mass is 10.1. The SMILES string of the molecule is COc1ccc(C(NC(=O)Cc2cccs2)c2nccn2C)cc1. The predicted molar refractivity (Wildman–Crippen MR) is 94.2 cm³/mol. The van der Waals surface area contributed by atoms with Gasteiger partial charge in [-0.15, -0.1) is 11.3 Å². The lowest BCUT2D eigenvalue weighted by Crippen LogP contribution is -2.32. The summed E-state index contributed by atoms with van der Waals surface area (Å²) < 4.78 is 7.12. The van der Waals surface area contributed by atoms with E-state index in [0.29, 0.717) is 6.42 Å². The topological polar surface area (TPSA) is 56.1 Å². The number of hydrogen-bond donors (Lipinski definition) is 1. The van der Waals surface area contributed by atoms with Crippen LogP contribution in [0.5, 0.6) is 5.75 Å². The van der Waals surface area contributed by atoms with Crippen LogP contribution in [0.3, 0.4) is 0 Å². The van der Waals surface area contributed by atoms with E-state index in [9.17, 15) is 4.79 Å². The third kappa shape index (κ3) is 3.65. The highest BCUT2D eigenvalue weighted by molar-refractivity contribution is 7.10. The van der Waals surface area contributed by atoms with Gasteiger partial charge in [-0.25, -0.2) is 4.98 Å². The van der Waals surface area contributed by atoms with Crippen molar-refractivity contribution < 1.29 is 9.53 Å². The van der Waals surface area contributed by atoms with E-state index in [2.05, 4.69) is 10.3 Å². The van der Waals surface area contributed by atoms with E-state index < -0.39 is 0 Å². The summed E-state index contributed by atoms with van der Waals surface area (Å²) >= 11 is 1.58. The van der Waals surface area contributed by atoms with Gasteiger partial charge in [-0.1, -0.05) is 18.2 Å². The first-order chi connectivity index (χ1) is 11.7. The van der Waals surface area contributed by atoms with E-state index >= 15 is 0 Å². The minimum absolute atomic E-state index is 0.0266. The molecule has 124 valence electrons. The van der Waals surface area contributed by atoms with Crippen LogP contribution in [-0.4, -0.2) is 22.6 Å². The molecule has 0 radical (unpaired) electrons. The highest BCUT2D eigenvalue weighted by Gasteiger charge is 2.21. The van der Waals surface area contributed by atoms with Gasteiger partial charge in [-0.2, -0.15) is 0 Å². The molecule has 0 fully saturated rings. The first kappa shape index (κ1) is 16.3. The summed E-state index contributed by atoms with van der Waals surface area (Å²) in [6.07, 6.45) is 3.98. The summed E-state index contributed by atoms with van der Waals surface area (Å²) in [5.41, 5.74) is 0.963. The molecule has 1 aromatic carbocycles. The molecule has 0 spiro atoms. The predicted octanol–water partition coefficient (Wildman–Crippen LogP) is 2.94. The van der Waals surface area contributed by atoms with Crippen molar-refractivity contribution in [2.75, 3.05) is 7.11 Å². The molecule has 5 nitrogen and oxygen atoms in total. The molecule has 3 aromatic rings. The van der Waals surface area contributed by atoms with Gasteiger partial charge in [-0.3, -0.25) is 4.79 Å². The van der Waals surface area contributed by atoms with Crippen LogP contribution in [0, 0.1) is 0 Å². The molecule has 0 aliphatic carbocycles. The van der Waals surface area contributed by atoms with Crippen LogP contribution in [-0.2, 0) is 18.3 Å². The third-order valence-electron chi connectivity index (χ3n) is 3.79. The molecule has 0 aliphatic heterocycles. The monoisotopic (exact) mass is 341 g/mol. The summed E-state index contributed by atoms with van der Waals surface area (Å²) in [5, 5.41) is 5.07. The average molecular weight is 341 g/mol. The fourth-order valence-corrected chi connectivity index (χ4v) is 3.24.